The third kappa shape index (κ3) is 4.37. The first-order valence-corrected chi connectivity index (χ1v) is 9.59. The Balaban J connectivity index is 1.79. The van der Waals surface area contributed by atoms with Gasteiger partial charge in [-0.3, -0.25) is 4.79 Å². The van der Waals surface area contributed by atoms with Crippen molar-refractivity contribution >= 4 is 17.7 Å². The average molecular weight is 397 g/mol. The lowest BCUT2D eigenvalue weighted by Crippen LogP contribution is -2.30. The predicted molar refractivity (Wildman–Crippen MR) is 98.6 cm³/mol. The number of methoxy groups -OCH3 is 2. The zero-order valence-corrected chi connectivity index (χ0v) is 15.9. The Morgan fingerprint density at radius 3 is 2.81 bits per heavy atom. The van der Waals surface area contributed by atoms with Crippen LogP contribution in [0.5, 0.6) is 11.5 Å². The Kier molecular flexibility index (Phi) is 6.26. The van der Waals surface area contributed by atoms with E-state index in [9.17, 15) is 13.6 Å². The number of rotatable bonds is 7. The number of carbonyl (C=O) groups is 1. The molecule has 8 heteroatoms. The molecule has 0 radical (unpaired) electrons. The zero-order valence-electron chi connectivity index (χ0n) is 15.1. The average Bonchev–Trinajstić information content (AvgIpc) is 3.34. The lowest BCUT2D eigenvalue weighted by atomic mass is 10.0. The number of furan rings is 1. The third-order valence-electron chi connectivity index (χ3n) is 4.54. The van der Waals surface area contributed by atoms with Crippen LogP contribution in [0.25, 0.3) is 0 Å². The van der Waals surface area contributed by atoms with E-state index in [1.54, 1.807) is 37.3 Å². The molecule has 1 amide bonds. The van der Waals surface area contributed by atoms with Gasteiger partial charge in [0.15, 0.2) is 5.76 Å². The van der Waals surface area contributed by atoms with Crippen LogP contribution in [0.1, 0.15) is 40.8 Å². The molecule has 0 aliphatic carbocycles. The molecule has 0 bridgehead atoms. The van der Waals surface area contributed by atoms with Gasteiger partial charge in [-0.05, 0) is 37.1 Å². The van der Waals surface area contributed by atoms with Gasteiger partial charge in [-0.1, -0.05) is 11.8 Å². The van der Waals surface area contributed by atoms with Gasteiger partial charge in [0.1, 0.15) is 17.3 Å². The van der Waals surface area contributed by atoms with E-state index < -0.39 is 5.76 Å². The van der Waals surface area contributed by atoms with Crippen LogP contribution in [-0.2, 0) is 5.75 Å². The summed E-state index contributed by atoms with van der Waals surface area (Å²) in [4.78, 5) is 14.7. The number of hydrogen-bond donors (Lipinski definition) is 0. The molecule has 0 spiro atoms. The number of carbonyl (C=O) groups excluding carboxylic acids is 1. The molecule has 1 aromatic heterocycles. The number of ether oxygens (including phenoxy) is 2. The highest BCUT2D eigenvalue weighted by Gasteiger charge is 2.33. The van der Waals surface area contributed by atoms with Crippen LogP contribution < -0.4 is 9.47 Å². The largest absolute Gasteiger partial charge is 0.497 e. The summed E-state index contributed by atoms with van der Waals surface area (Å²) in [5.41, 5.74) is 0.907. The molecule has 0 N–H and O–H groups in total. The van der Waals surface area contributed by atoms with Crippen molar-refractivity contribution in [2.45, 2.75) is 30.4 Å². The number of halogens is 2. The Bertz CT molecular complexity index is 796. The summed E-state index contributed by atoms with van der Waals surface area (Å²) in [5.74, 6) is -0.823. The number of amides is 1. The first kappa shape index (κ1) is 19.5. The Labute approximate surface area is 160 Å². The van der Waals surface area contributed by atoms with Gasteiger partial charge in [0.2, 0.25) is 0 Å². The quantitative estimate of drug-likeness (QED) is 0.676. The van der Waals surface area contributed by atoms with Crippen LogP contribution in [0.3, 0.4) is 0 Å². The molecule has 1 atom stereocenters. The maximum atomic E-state index is 12.9. The van der Waals surface area contributed by atoms with Crippen LogP contribution in [0.4, 0.5) is 8.78 Å². The topological polar surface area (TPSA) is 51.9 Å². The highest BCUT2D eigenvalue weighted by molar-refractivity contribution is 7.98. The molecular formula is C19H21F2NO4S. The summed E-state index contributed by atoms with van der Waals surface area (Å²) in [7, 11) is 3.17. The van der Waals surface area contributed by atoms with Gasteiger partial charge in [-0.15, -0.1) is 0 Å². The van der Waals surface area contributed by atoms with E-state index in [1.807, 2.05) is 12.1 Å². The van der Waals surface area contributed by atoms with Crippen LogP contribution in [-0.4, -0.2) is 37.3 Å². The fourth-order valence-electron chi connectivity index (χ4n) is 3.28. The van der Waals surface area contributed by atoms with E-state index in [-0.39, 0.29) is 23.5 Å². The summed E-state index contributed by atoms with van der Waals surface area (Å²) in [6.07, 6.45) is 1.67. The maximum Gasteiger partial charge on any atom is 0.290 e. The number of likely N-dealkylation sites (tertiary alicyclic amines) is 1. The summed E-state index contributed by atoms with van der Waals surface area (Å²) in [6, 6.07) is 8.52. The van der Waals surface area contributed by atoms with Crippen molar-refractivity contribution in [2.75, 3.05) is 20.8 Å². The number of benzene rings is 1. The Morgan fingerprint density at radius 2 is 2.11 bits per heavy atom. The molecule has 0 unspecified atom stereocenters. The lowest BCUT2D eigenvalue weighted by molar-refractivity contribution is 0.0700. The van der Waals surface area contributed by atoms with Crippen LogP contribution in [0.2, 0.25) is 0 Å². The van der Waals surface area contributed by atoms with Crippen molar-refractivity contribution in [3.63, 3.8) is 0 Å². The second kappa shape index (κ2) is 8.65. The highest BCUT2D eigenvalue weighted by Crippen LogP contribution is 2.39. The fourth-order valence-corrected chi connectivity index (χ4v) is 3.73. The molecule has 1 aliphatic rings. The number of nitrogens with zero attached hydrogens (tertiary/aromatic N) is 1. The molecular weight excluding hydrogens is 376 g/mol. The van der Waals surface area contributed by atoms with E-state index in [4.69, 9.17) is 13.9 Å². The molecule has 1 aliphatic heterocycles. The maximum absolute atomic E-state index is 12.9. The molecule has 27 heavy (non-hydrogen) atoms. The molecule has 0 saturated carbocycles. The van der Waals surface area contributed by atoms with Gasteiger partial charge in [-0.2, -0.15) is 8.78 Å². The first-order valence-electron chi connectivity index (χ1n) is 8.55. The number of alkyl halides is 2. The van der Waals surface area contributed by atoms with E-state index in [0.29, 0.717) is 35.6 Å². The molecule has 1 aromatic carbocycles. The van der Waals surface area contributed by atoms with Gasteiger partial charge in [-0.25, -0.2) is 0 Å². The lowest BCUT2D eigenvalue weighted by Gasteiger charge is -2.25. The Morgan fingerprint density at radius 1 is 1.30 bits per heavy atom. The first-order chi connectivity index (χ1) is 13.0. The van der Waals surface area contributed by atoms with E-state index in [2.05, 4.69) is 0 Å². The van der Waals surface area contributed by atoms with Crippen molar-refractivity contribution in [1.29, 1.82) is 0 Å². The van der Waals surface area contributed by atoms with Gasteiger partial charge in [0.05, 0.1) is 26.0 Å². The van der Waals surface area contributed by atoms with Crippen LogP contribution in [0, 0.1) is 0 Å². The van der Waals surface area contributed by atoms with Gasteiger partial charge in [0.25, 0.3) is 11.7 Å². The van der Waals surface area contributed by atoms with Crippen LogP contribution in [0.15, 0.2) is 34.7 Å². The third-order valence-corrected chi connectivity index (χ3v) is 5.24. The van der Waals surface area contributed by atoms with Crippen molar-refractivity contribution in [2.24, 2.45) is 0 Å². The normalized spacial score (nSPS) is 16.8. The van der Waals surface area contributed by atoms with E-state index in [0.717, 1.165) is 18.4 Å². The van der Waals surface area contributed by atoms with Crippen molar-refractivity contribution in [1.82, 2.24) is 4.90 Å². The summed E-state index contributed by atoms with van der Waals surface area (Å²) in [6.45, 7) is 0.598. The number of thioether (sulfide) groups is 1. The minimum absolute atomic E-state index is 0.0285. The molecule has 146 valence electrons. The van der Waals surface area contributed by atoms with Gasteiger partial charge in [0, 0.05) is 18.2 Å². The molecule has 1 fully saturated rings. The summed E-state index contributed by atoms with van der Waals surface area (Å²) in [5, 5.41) is 0. The second-order valence-corrected chi connectivity index (χ2v) is 7.08. The molecule has 1 saturated heterocycles. The second-order valence-electron chi connectivity index (χ2n) is 6.10. The number of hydrogen-bond acceptors (Lipinski definition) is 5. The molecule has 3 rings (SSSR count). The highest BCUT2D eigenvalue weighted by atomic mass is 32.2. The monoisotopic (exact) mass is 397 g/mol. The van der Waals surface area contributed by atoms with E-state index in [1.165, 1.54) is 0 Å². The summed E-state index contributed by atoms with van der Waals surface area (Å²) >= 11 is 0.467. The predicted octanol–water partition coefficient (Wildman–Crippen LogP) is 4.73. The summed E-state index contributed by atoms with van der Waals surface area (Å²) < 4.78 is 40.8. The van der Waals surface area contributed by atoms with Crippen molar-refractivity contribution in [3.05, 3.63) is 47.4 Å². The van der Waals surface area contributed by atoms with Gasteiger partial charge >= 0.3 is 0 Å². The Hall–Kier alpha value is -2.22. The van der Waals surface area contributed by atoms with Crippen molar-refractivity contribution < 1.29 is 27.5 Å². The standard InChI is InChI=1S/C19H21F2NO4S/c1-24-12-5-7-14(17(10-12)25-2)15-4-3-9-22(15)18(23)16-8-6-13(26-16)11-27-19(20)21/h5-8,10,15,19H,3-4,9,11H2,1-2H3/t15-/m0/s1. The van der Waals surface area contributed by atoms with E-state index >= 15 is 0 Å². The smallest absolute Gasteiger partial charge is 0.290 e. The molecule has 2 aromatic rings. The minimum Gasteiger partial charge on any atom is -0.497 e. The van der Waals surface area contributed by atoms with Gasteiger partial charge < -0.3 is 18.8 Å². The zero-order chi connectivity index (χ0) is 19.4. The van der Waals surface area contributed by atoms with Crippen molar-refractivity contribution in [3.8, 4) is 11.5 Å². The molecule has 2 heterocycles. The minimum atomic E-state index is -2.47. The van der Waals surface area contributed by atoms with Crippen LogP contribution >= 0.6 is 11.8 Å². The SMILES string of the molecule is COc1ccc([C@@H]2CCCN2C(=O)c2ccc(CSC(F)F)o2)c(OC)c1. The molecule has 5 nitrogen and oxygen atoms in total. The fraction of sp³-hybridized carbons (Fsp3) is 0.421.